The molecule has 2 aromatic carbocycles. The van der Waals surface area contributed by atoms with Crippen LogP contribution in [0.3, 0.4) is 0 Å². The van der Waals surface area contributed by atoms with Crippen LogP contribution in [0.5, 0.6) is 0 Å². The van der Waals surface area contributed by atoms with Crippen LogP contribution >= 0.6 is 0 Å². The summed E-state index contributed by atoms with van der Waals surface area (Å²) >= 11 is 0. The van der Waals surface area contributed by atoms with E-state index in [2.05, 4.69) is 20.9 Å². The van der Waals surface area contributed by atoms with Gasteiger partial charge in [0.05, 0.1) is 18.8 Å². The topological polar surface area (TPSA) is 98.1 Å². The first-order chi connectivity index (χ1) is 14.0. The second kappa shape index (κ2) is 7.80. The van der Waals surface area contributed by atoms with Gasteiger partial charge in [-0.1, -0.05) is 17.3 Å². The van der Waals surface area contributed by atoms with Crippen molar-refractivity contribution in [2.45, 2.75) is 26.2 Å². The van der Waals surface area contributed by atoms with Crippen molar-refractivity contribution in [3.05, 3.63) is 71.3 Å². The number of halogens is 1. The second-order valence-electron chi connectivity index (χ2n) is 6.63. The highest BCUT2D eigenvalue weighted by Crippen LogP contribution is 2.27. The Morgan fingerprint density at radius 2 is 1.72 bits per heavy atom. The van der Waals surface area contributed by atoms with Crippen LogP contribution < -0.4 is 10.6 Å². The number of benzene rings is 2. The van der Waals surface area contributed by atoms with Crippen molar-refractivity contribution >= 4 is 23.2 Å². The van der Waals surface area contributed by atoms with E-state index in [1.54, 1.807) is 41.1 Å². The Morgan fingerprint density at radius 1 is 1.07 bits per heavy atom. The summed E-state index contributed by atoms with van der Waals surface area (Å²) in [6.45, 7) is 1.97. The number of anilines is 2. The van der Waals surface area contributed by atoms with E-state index in [-0.39, 0.29) is 30.1 Å². The van der Waals surface area contributed by atoms with E-state index in [9.17, 15) is 14.0 Å². The average molecular weight is 395 g/mol. The zero-order valence-corrected chi connectivity index (χ0v) is 15.6. The van der Waals surface area contributed by atoms with Crippen molar-refractivity contribution in [3.8, 4) is 0 Å². The number of amides is 2. The Hall–Kier alpha value is -3.59. The van der Waals surface area contributed by atoms with Crippen molar-refractivity contribution in [2.24, 2.45) is 0 Å². The quantitative estimate of drug-likeness (QED) is 0.708. The number of rotatable bonds is 4. The lowest BCUT2D eigenvalue weighted by Gasteiger charge is -2.24. The monoisotopic (exact) mass is 395 g/mol. The number of fused-ring (bicyclic) bond motifs is 1. The van der Waals surface area contributed by atoms with Crippen molar-refractivity contribution in [3.63, 3.8) is 0 Å². The summed E-state index contributed by atoms with van der Waals surface area (Å²) < 4.78 is 20.6. The molecule has 0 aliphatic carbocycles. The first-order valence-electron chi connectivity index (χ1n) is 8.98. The Balaban J connectivity index is 1.45. The number of carbonyl (C=O) groups excluding carboxylic acids is 2. The van der Waals surface area contributed by atoms with Crippen LogP contribution in [-0.4, -0.2) is 26.8 Å². The molecule has 4 rings (SSSR count). The van der Waals surface area contributed by atoms with Gasteiger partial charge in [0, 0.05) is 18.3 Å². The molecule has 2 heterocycles. The van der Waals surface area contributed by atoms with Crippen LogP contribution in [0.4, 0.5) is 15.8 Å². The van der Waals surface area contributed by atoms with E-state index in [4.69, 9.17) is 4.74 Å². The summed E-state index contributed by atoms with van der Waals surface area (Å²) in [5.74, 6) is -0.881. The summed E-state index contributed by atoms with van der Waals surface area (Å²) in [6, 6.07) is 12.8. The van der Waals surface area contributed by atoms with Crippen LogP contribution in [0.1, 0.15) is 34.8 Å². The number of nitrogens with one attached hydrogen (secondary N) is 2. The van der Waals surface area contributed by atoms with Gasteiger partial charge in [0.2, 0.25) is 5.91 Å². The number of aromatic nitrogens is 3. The molecule has 2 amide bonds. The minimum Gasteiger partial charge on any atom is -0.365 e. The molecule has 0 saturated carbocycles. The third-order valence-corrected chi connectivity index (χ3v) is 4.52. The predicted octanol–water partition coefficient (Wildman–Crippen LogP) is 2.90. The molecule has 0 saturated heterocycles. The molecule has 1 atom stereocenters. The molecule has 8 nitrogen and oxygen atoms in total. The van der Waals surface area contributed by atoms with Crippen molar-refractivity contribution in [1.82, 2.24) is 15.0 Å². The first-order valence-corrected chi connectivity index (χ1v) is 8.98. The number of hydrogen-bond acceptors (Lipinski definition) is 5. The van der Waals surface area contributed by atoms with E-state index in [0.29, 0.717) is 23.6 Å². The SMILES string of the molecule is CC(=O)Nc1ccc(NC(=O)c2nnn3c2CO[C@@H](c2ccc(F)cc2)C3)cc1. The van der Waals surface area contributed by atoms with Crippen molar-refractivity contribution in [1.29, 1.82) is 0 Å². The summed E-state index contributed by atoms with van der Waals surface area (Å²) in [7, 11) is 0. The molecule has 0 unspecified atom stereocenters. The maximum Gasteiger partial charge on any atom is 0.278 e. The second-order valence-corrected chi connectivity index (χ2v) is 6.63. The van der Waals surface area contributed by atoms with Gasteiger partial charge in [0.1, 0.15) is 11.9 Å². The van der Waals surface area contributed by atoms with Gasteiger partial charge in [-0.3, -0.25) is 9.59 Å². The third kappa shape index (κ3) is 4.14. The van der Waals surface area contributed by atoms with E-state index in [0.717, 1.165) is 5.56 Å². The van der Waals surface area contributed by atoms with E-state index in [1.807, 2.05) is 0 Å². The largest absolute Gasteiger partial charge is 0.365 e. The van der Waals surface area contributed by atoms with Gasteiger partial charge in [-0.15, -0.1) is 5.10 Å². The lowest BCUT2D eigenvalue weighted by atomic mass is 10.1. The van der Waals surface area contributed by atoms with Crippen molar-refractivity contribution in [2.75, 3.05) is 10.6 Å². The molecule has 1 aromatic heterocycles. The average Bonchev–Trinajstić information content (AvgIpc) is 3.13. The molecule has 3 aromatic rings. The Kier molecular flexibility index (Phi) is 5.05. The molecule has 148 valence electrons. The zero-order valence-electron chi connectivity index (χ0n) is 15.6. The molecular weight excluding hydrogens is 377 g/mol. The molecule has 0 spiro atoms. The highest BCUT2D eigenvalue weighted by atomic mass is 19.1. The fourth-order valence-corrected chi connectivity index (χ4v) is 3.10. The number of nitrogens with zero attached hydrogens (tertiary/aromatic N) is 3. The van der Waals surface area contributed by atoms with E-state index >= 15 is 0 Å². The molecule has 29 heavy (non-hydrogen) atoms. The summed E-state index contributed by atoms with van der Waals surface area (Å²) in [5, 5.41) is 13.5. The Morgan fingerprint density at radius 3 is 2.38 bits per heavy atom. The van der Waals surface area contributed by atoms with Gasteiger partial charge in [-0.25, -0.2) is 9.07 Å². The Bertz CT molecular complexity index is 1050. The fourth-order valence-electron chi connectivity index (χ4n) is 3.10. The molecule has 2 N–H and O–H groups in total. The highest BCUT2D eigenvalue weighted by molar-refractivity contribution is 6.03. The standard InChI is InChI=1S/C20H18FN5O3/c1-12(27)22-15-6-8-16(9-7-15)23-20(28)19-17-11-29-18(10-26(17)25-24-19)13-2-4-14(21)5-3-13/h2-9,18H,10-11H2,1H3,(H,22,27)(H,23,28)/t18-/m1/s1. The maximum atomic E-state index is 13.1. The smallest absolute Gasteiger partial charge is 0.278 e. The van der Waals surface area contributed by atoms with Gasteiger partial charge in [0.25, 0.3) is 5.91 Å². The van der Waals surface area contributed by atoms with E-state index in [1.165, 1.54) is 19.1 Å². The van der Waals surface area contributed by atoms with Crippen LogP contribution in [0.15, 0.2) is 48.5 Å². The molecular formula is C20H18FN5O3. The third-order valence-electron chi connectivity index (χ3n) is 4.52. The maximum absolute atomic E-state index is 13.1. The van der Waals surface area contributed by atoms with Crippen LogP contribution in [0.25, 0.3) is 0 Å². The van der Waals surface area contributed by atoms with Gasteiger partial charge >= 0.3 is 0 Å². The number of carbonyl (C=O) groups is 2. The van der Waals surface area contributed by atoms with Crippen molar-refractivity contribution < 1.29 is 18.7 Å². The molecule has 9 heteroatoms. The normalized spacial score (nSPS) is 15.4. The first kappa shape index (κ1) is 18.8. The highest BCUT2D eigenvalue weighted by Gasteiger charge is 2.27. The van der Waals surface area contributed by atoms with Crippen LogP contribution in [-0.2, 0) is 22.7 Å². The van der Waals surface area contributed by atoms with Gasteiger partial charge in [0.15, 0.2) is 5.69 Å². The van der Waals surface area contributed by atoms with Gasteiger partial charge in [-0.2, -0.15) is 0 Å². The Labute approximate surface area is 165 Å². The van der Waals surface area contributed by atoms with Gasteiger partial charge in [-0.05, 0) is 42.0 Å². The minimum atomic E-state index is -0.401. The molecule has 1 aliphatic rings. The zero-order chi connectivity index (χ0) is 20.4. The lowest BCUT2D eigenvalue weighted by molar-refractivity contribution is -0.114. The van der Waals surface area contributed by atoms with Crippen LogP contribution in [0.2, 0.25) is 0 Å². The van der Waals surface area contributed by atoms with Gasteiger partial charge < -0.3 is 15.4 Å². The van der Waals surface area contributed by atoms with Crippen LogP contribution in [0, 0.1) is 5.82 Å². The summed E-state index contributed by atoms with van der Waals surface area (Å²) in [4.78, 5) is 23.7. The molecule has 0 radical (unpaired) electrons. The summed E-state index contributed by atoms with van der Waals surface area (Å²) in [5.41, 5.74) is 2.80. The lowest BCUT2D eigenvalue weighted by Crippen LogP contribution is -2.24. The number of hydrogen-bond donors (Lipinski definition) is 2. The number of ether oxygens (including phenoxy) is 1. The molecule has 0 fully saturated rings. The fraction of sp³-hybridized carbons (Fsp3) is 0.200. The predicted molar refractivity (Wildman–Crippen MR) is 103 cm³/mol. The molecule has 1 aliphatic heterocycles. The molecule has 0 bridgehead atoms. The minimum absolute atomic E-state index is 0.166. The summed E-state index contributed by atoms with van der Waals surface area (Å²) in [6.07, 6.45) is -0.290. The van der Waals surface area contributed by atoms with E-state index < -0.39 is 5.91 Å².